The van der Waals surface area contributed by atoms with Gasteiger partial charge < -0.3 is 20.1 Å². The number of carboxylic acid groups (broad SMARTS) is 1. The van der Waals surface area contributed by atoms with Crippen LogP contribution in [0.4, 0.5) is 0 Å². The number of aryl methyl sites for hydroxylation is 1. The second kappa shape index (κ2) is 7.74. The Bertz CT molecular complexity index is 449. The molecule has 0 saturated heterocycles. The Hall–Kier alpha value is -1.61. The number of hydrogen-bond donors (Lipinski definition) is 2. The molecular formula is C10H16N4O4S. The number of thioether (sulfide) groups is 1. The Morgan fingerprint density at radius 3 is 2.79 bits per heavy atom. The first-order valence-corrected chi connectivity index (χ1v) is 6.65. The maximum atomic E-state index is 10.5. The van der Waals surface area contributed by atoms with Crippen molar-refractivity contribution in [1.29, 1.82) is 0 Å². The zero-order valence-electron chi connectivity index (χ0n) is 10.5. The molecule has 1 rings (SSSR count). The number of rotatable bonds is 9. The molecule has 0 radical (unpaired) electrons. The van der Waals surface area contributed by atoms with Crippen molar-refractivity contribution < 1.29 is 19.4 Å². The number of aromatic nitrogens is 3. The first-order chi connectivity index (χ1) is 9.04. The fraction of sp³-hybridized carbons (Fsp3) is 0.600. The van der Waals surface area contributed by atoms with Crippen LogP contribution < -0.4 is 5.73 Å². The van der Waals surface area contributed by atoms with Gasteiger partial charge in [0, 0.05) is 13.0 Å². The fourth-order valence-corrected chi connectivity index (χ4v) is 2.07. The van der Waals surface area contributed by atoms with E-state index in [-0.39, 0.29) is 19.0 Å². The summed E-state index contributed by atoms with van der Waals surface area (Å²) in [5, 5.41) is 17.1. The molecule has 0 spiro atoms. The second-order valence-corrected chi connectivity index (χ2v) is 4.55. The third-order valence-electron chi connectivity index (χ3n) is 2.14. The molecule has 0 aromatic carbocycles. The van der Waals surface area contributed by atoms with E-state index >= 15 is 0 Å². The lowest BCUT2D eigenvalue weighted by Gasteiger charge is -2.08. The number of aliphatic carboxylic acids is 1. The zero-order valence-corrected chi connectivity index (χ0v) is 11.4. The van der Waals surface area contributed by atoms with Crippen molar-refractivity contribution in [3.63, 3.8) is 0 Å². The normalized spacial score (nSPS) is 10.6. The first-order valence-electron chi connectivity index (χ1n) is 5.67. The van der Waals surface area contributed by atoms with Gasteiger partial charge in [0.2, 0.25) is 5.91 Å². The summed E-state index contributed by atoms with van der Waals surface area (Å²) in [5.41, 5.74) is 4.95. The summed E-state index contributed by atoms with van der Waals surface area (Å²) >= 11 is 1.10. The van der Waals surface area contributed by atoms with Crippen LogP contribution in [-0.2, 0) is 27.3 Å². The minimum Gasteiger partial charge on any atom is -0.481 e. The Morgan fingerprint density at radius 1 is 1.47 bits per heavy atom. The van der Waals surface area contributed by atoms with Crippen LogP contribution in [0.1, 0.15) is 12.7 Å². The van der Waals surface area contributed by atoms with Crippen LogP contribution in [0.2, 0.25) is 0 Å². The number of carbonyl (C=O) groups is 2. The molecule has 9 heteroatoms. The lowest BCUT2D eigenvalue weighted by molar-refractivity contribution is -0.134. The van der Waals surface area contributed by atoms with Crippen LogP contribution in [0.3, 0.4) is 0 Å². The number of nitrogens with two attached hydrogens (primary N) is 1. The molecule has 0 fully saturated rings. The van der Waals surface area contributed by atoms with Crippen LogP contribution in [0.25, 0.3) is 0 Å². The van der Waals surface area contributed by atoms with Gasteiger partial charge in [-0.2, -0.15) is 0 Å². The van der Waals surface area contributed by atoms with Gasteiger partial charge in [-0.1, -0.05) is 18.7 Å². The summed E-state index contributed by atoms with van der Waals surface area (Å²) < 4.78 is 6.86. The van der Waals surface area contributed by atoms with Crippen molar-refractivity contribution in [2.24, 2.45) is 5.73 Å². The van der Waals surface area contributed by atoms with Crippen molar-refractivity contribution in [3.05, 3.63) is 5.82 Å². The van der Waals surface area contributed by atoms with Gasteiger partial charge in [0.1, 0.15) is 12.4 Å². The molecule has 1 amide bonds. The molecule has 0 bridgehead atoms. The number of primary amides is 1. The van der Waals surface area contributed by atoms with Gasteiger partial charge >= 0.3 is 5.97 Å². The summed E-state index contributed by atoms with van der Waals surface area (Å²) in [6.45, 7) is 2.53. The predicted molar refractivity (Wildman–Crippen MR) is 67.8 cm³/mol. The van der Waals surface area contributed by atoms with Crippen LogP contribution in [0.15, 0.2) is 5.16 Å². The lowest BCUT2D eigenvalue weighted by Crippen LogP contribution is -2.20. The molecule has 8 nitrogen and oxygen atoms in total. The molecular weight excluding hydrogens is 272 g/mol. The van der Waals surface area contributed by atoms with E-state index in [4.69, 9.17) is 15.6 Å². The summed E-state index contributed by atoms with van der Waals surface area (Å²) in [6, 6.07) is 0. The van der Waals surface area contributed by atoms with Crippen LogP contribution in [-0.4, -0.2) is 50.7 Å². The van der Waals surface area contributed by atoms with Crippen molar-refractivity contribution in [1.82, 2.24) is 14.8 Å². The Morgan fingerprint density at radius 2 is 2.21 bits per heavy atom. The first kappa shape index (κ1) is 15.4. The van der Waals surface area contributed by atoms with Crippen molar-refractivity contribution >= 4 is 23.6 Å². The molecule has 3 N–H and O–H groups in total. The van der Waals surface area contributed by atoms with Gasteiger partial charge in [0.25, 0.3) is 0 Å². The molecule has 0 aliphatic heterocycles. The number of carbonyl (C=O) groups excluding carboxylic acids is 1. The van der Waals surface area contributed by atoms with E-state index in [1.54, 1.807) is 4.57 Å². The molecule has 0 atom stereocenters. The fourth-order valence-electron chi connectivity index (χ4n) is 1.37. The summed E-state index contributed by atoms with van der Waals surface area (Å²) in [6.07, 6.45) is 0.677. The highest BCUT2D eigenvalue weighted by Gasteiger charge is 2.12. The predicted octanol–water partition coefficient (Wildman–Crippen LogP) is -0.481. The van der Waals surface area contributed by atoms with E-state index < -0.39 is 11.9 Å². The van der Waals surface area contributed by atoms with Crippen molar-refractivity contribution in [2.75, 3.05) is 19.0 Å². The smallest absolute Gasteiger partial charge is 0.313 e. The quantitative estimate of drug-likeness (QED) is 0.465. The average Bonchev–Trinajstić information content (AvgIpc) is 2.74. The number of hydrogen-bond acceptors (Lipinski definition) is 6. The summed E-state index contributed by atoms with van der Waals surface area (Å²) in [7, 11) is 0. The van der Waals surface area contributed by atoms with Crippen LogP contribution in [0.5, 0.6) is 0 Å². The van der Waals surface area contributed by atoms with E-state index in [0.717, 1.165) is 17.6 Å². The Kier molecular flexibility index (Phi) is 6.30. The maximum Gasteiger partial charge on any atom is 0.313 e. The van der Waals surface area contributed by atoms with E-state index in [1.165, 1.54) is 0 Å². The molecule has 106 valence electrons. The molecule has 0 aliphatic rings. The topological polar surface area (TPSA) is 120 Å². The Labute approximate surface area is 114 Å². The molecule has 0 unspecified atom stereocenters. The van der Waals surface area contributed by atoms with Crippen LogP contribution >= 0.6 is 11.8 Å². The highest BCUT2D eigenvalue weighted by Crippen LogP contribution is 2.17. The average molecular weight is 288 g/mol. The van der Waals surface area contributed by atoms with Crippen LogP contribution in [0, 0.1) is 0 Å². The number of ether oxygens (including phenoxy) is 1. The van der Waals surface area contributed by atoms with Gasteiger partial charge in [0.05, 0.1) is 12.4 Å². The number of carboxylic acids is 1. The largest absolute Gasteiger partial charge is 0.481 e. The minimum absolute atomic E-state index is 0.0794. The third kappa shape index (κ3) is 5.26. The molecule has 1 heterocycles. The third-order valence-corrected chi connectivity index (χ3v) is 3.09. The SMILES string of the molecule is CCc1nnc(SCC(=O)O)n1CCOCC(N)=O. The highest BCUT2D eigenvalue weighted by atomic mass is 32.2. The Balaban J connectivity index is 2.59. The van der Waals surface area contributed by atoms with Gasteiger partial charge in [-0.3, -0.25) is 9.59 Å². The van der Waals surface area contributed by atoms with Crippen molar-refractivity contribution in [2.45, 2.75) is 25.0 Å². The minimum atomic E-state index is -0.914. The molecule has 0 saturated carbocycles. The van der Waals surface area contributed by atoms with Gasteiger partial charge in [-0.25, -0.2) is 0 Å². The maximum absolute atomic E-state index is 10.5. The number of nitrogens with zero attached hydrogens (tertiary/aromatic N) is 3. The monoisotopic (exact) mass is 288 g/mol. The lowest BCUT2D eigenvalue weighted by atomic mass is 10.4. The van der Waals surface area contributed by atoms with E-state index in [0.29, 0.717) is 18.1 Å². The van der Waals surface area contributed by atoms with Gasteiger partial charge in [-0.15, -0.1) is 10.2 Å². The van der Waals surface area contributed by atoms with Gasteiger partial charge in [0.15, 0.2) is 5.16 Å². The molecule has 19 heavy (non-hydrogen) atoms. The zero-order chi connectivity index (χ0) is 14.3. The molecule has 0 aliphatic carbocycles. The van der Waals surface area contributed by atoms with E-state index in [1.807, 2.05) is 6.92 Å². The highest BCUT2D eigenvalue weighted by molar-refractivity contribution is 7.99. The van der Waals surface area contributed by atoms with E-state index in [9.17, 15) is 9.59 Å². The van der Waals surface area contributed by atoms with E-state index in [2.05, 4.69) is 10.2 Å². The number of amides is 1. The summed E-state index contributed by atoms with van der Waals surface area (Å²) in [5.74, 6) is -0.776. The summed E-state index contributed by atoms with van der Waals surface area (Å²) in [4.78, 5) is 21.1. The second-order valence-electron chi connectivity index (χ2n) is 3.61. The standard InChI is InChI=1S/C10H16N4O4S/c1-2-8-12-13-10(19-6-9(16)17)14(8)3-4-18-5-7(11)15/h2-6H2,1H3,(H2,11,15)(H,16,17). The molecule has 1 aromatic rings. The molecule has 1 aromatic heterocycles. The van der Waals surface area contributed by atoms with Gasteiger partial charge in [-0.05, 0) is 0 Å². The van der Waals surface area contributed by atoms with Crippen molar-refractivity contribution in [3.8, 4) is 0 Å².